The molecule has 5 nitrogen and oxygen atoms in total. The second-order valence-electron chi connectivity index (χ2n) is 4.53. The van der Waals surface area contributed by atoms with E-state index in [-0.39, 0.29) is 11.8 Å². The van der Waals surface area contributed by atoms with E-state index in [1.807, 2.05) is 13.8 Å². The van der Waals surface area contributed by atoms with Crippen molar-refractivity contribution in [2.75, 3.05) is 19.6 Å². The van der Waals surface area contributed by atoms with Crippen LogP contribution in [0.2, 0.25) is 0 Å². The number of aliphatic carboxylic acids is 1. The molecule has 0 saturated carbocycles. The van der Waals surface area contributed by atoms with Crippen molar-refractivity contribution in [2.24, 2.45) is 5.92 Å². The van der Waals surface area contributed by atoms with Gasteiger partial charge in [0, 0.05) is 19.1 Å². The fourth-order valence-corrected chi connectivity index (χ4v) is 1.78. The predicted octanol–water partition coefficient (Wildman–Crippen LogP) is 0.308. The molecule has 0 aromatic carbocycles. The van der Waals surface area contributed by atoms with Gasteiger partial charge in [-0.05, 0) is 12.8 Å². The summed E-state index contributed by atoms with van der Waals surface area (Å²) in [6.45, 7) is 5.45. The molecule has 1 heterocycles. The average Bonchev–Trinajstić information content (AvgIpc) is 2.26. The second-order valence-corrected chi connectivity index (χ2v) is 4.53. The summed E-state index contributed by atoms with van der Waals surface area (Å²) in [4.78, 5) is 24.2. The van der Waals surface area contributed by atoms with E-state index in [0.717, 1.165) is 0 Å². The van der Waals surface area contributed by atoms with Crippen molar-refractivity contribution in [3.8, 4) is 0 Å². The Morgan fingerprint density at radius 1 is 1.38 bits per heavy atom. The monoisotopic (exact) mass is 228 g/mol. The lowest BCUT2D eigenvalue weighted by Crippen LogP contribution is -2.45. The molecule has 1 fully saturated rings. The minimum atomic E-state index is -0.743. The molecule has 0 radical (unpaired) electrons. The lowest BCUT2D eigenvalue weighted by Gasteiger charge is -2.30. The fourth-order valence-electron chi connectivity index (χ4n) is 1.78. The maximum Gasteiger partial charge on any atom is 0.306 e. The van der Waals surface area contributed by atoms with Gasteiger partial charge in [-0.15, -0.1) is 0 Å². The molecule has 1 rings (SSSR count). The van der Waals surface area contributed by atoms with Crippen LogP contribution in [0.3, 0.4) is 0 Å². The zero-order chi connectivity index (χ0) is 12.1. The van der Waals surface area contributed by atoms with Crippen LogP contribution in [0.5, 0.6) is 0 Å². The Kier molecular flexibility index (Phi) is 4.73. The van der Waals surface area contributed by atoms with Crippen molar-refractivity contribution in [3.05, 3.63) is 0 Å². The highest BCUT2D eigenvalue weighted by atomic mass is 16.4. The molecule has 1 saturated heterocycles. The summed E-state index contributed by atoms with van der Waals surface area (Å²) in [7, 11) is 0. The van der Waals surface area contributed by atoms with Gasteiger partial charge in [0.2, 0.25) is 5.91 Å². The summed E-state index contributed by atoms with van der Waals surface area (Å²) in [5, 5.41) is 11.9. The Balaban J connectivity index is 2.30. The highest BCUT2D eigenvalue weighted by Crippen LogP contribution is 2.16. The molecular weight excluding hydrogens is 208 g/mol. The first-order valence-corrected chi connectivity index (χ1v) is 5.74. The summed E-state index contributed by atoms with van der Waals surface area (Å²) >= 11 is 0. The van der Waals surface area contributed by atoms with Crippen molar-refractivity contribution in [1.82, 2.24) is 10.2 Å². The molecule has 1 aliphatic rings. The van der Waals surface area contributed by atoms with E-state index < -0.39 is 5.97 Å². The number of piperidine rings is 1. The third kappa shape index (κ3) is 3.81. The van der Waals surface area contributed by atoms with Gasteiger partial charge in [0.1, 0.15) is 0 Å². The fraction of sp³-hybridized carbons (Fsp3) is 0.818. The molecule has 0 aromatic heterocycles. The first-order valence-electron chi connectivity index (χ1n) is 5.74. The van der Waals surface area contributed by atoms with Gasteiger partial charge in [-0.2, -0.15) is 0 Å². The van der Waals surface area contributed by atoms with Gasteiger partial charge in [-0.1, -0.05) is 13.8 Å². The third-order valence-corrected chi connectivity index (χ3v) is 2.86. The Hall–Kier alpha value is -1.10. The number of carbonyl (C=O) groups excluding carboxylic acids is 1. The van der Waals surface area contributed by atoms with Crippen LogP contribution in [0, 0.1) is 5.92 Å². The zero-order valence-electron chi connectivity index (χ0n) is 9.90. The molecule has 0 aromatic rings. The van der Waals surface area contributed by atoms with Crippen LogP contribution < -0.4 is 5.32 Å². The molecular formula is C11H20N2O3. The molecule has 0 spiro atoms. The van der Waals surface area contributed by atoms with Crippen LogP contribution in [0.25, 0.3) is 0 Å². The highest BCUT2D eigenvalue weighted by molar-refractivity contribution is 5.79. The average molecular weight is 228 g/mol. The normalized spacial score (nSPS) is 17.8. The summed E-state index contributed by atoms with van der Waals surface area (Å²) < 4.78 is 0. The van der Waals surface area contributed by atoms with Gasteiger partial charge in [0.15, 0.2) is 0 Å². The lowest BCUT2D eigenvalue weighted by atomic mass is 9.97. The smallest absolute Gasteiger partial charge is 0.306 e. The van der Waals surface area contributed by atoms with Crippen molar-refractivity contribution < 1.29 is 14.7 Å². The number of hydrogen-bond acceptors (Lipinski definition) is 3. The maximum absolute atomic E-state index is 11.7. The Labute approximate surface area is 95.8 Å². The van der Waals surface area contributed by atoms with Crippen molar-refractivity contribution in [3.63, 3.8) is 0 Å². The topological polar surface area (TPSA) is 69.6 Å². The third-order valence-electron chi connectivity index (χ3n) is 2.86. The minimum Gasteiger partial charge on any atom is -0.481 e. The number of carboxylic acid groups (broad SMARTS) is 1. The van der Waals surface area contributed by atoms with E-state index in [4.69, 9.17) is 5.11 Å². The molecule has 1 aliphatic heterocycles. The van der Waals surface area contributed by atoms with Gasteiger partial charge in [0.25, 0.3) is 0 Å². The molecule has 0 bridgehead atoms. The molecule has 1 amide bonds. The van der Waals surface area contributed by atoms with E-state index in [2.05, 4.69) is 5.32 Å². The number of carbonyl (C=O) groups is 2. The highest BCUT2D eigenvalue weighted by Gasteiger charge is 2.26. The molecule has 0 aliphatic carbocycles. The Morgan fingerprint density at radius 2 is 1.94 bits per heavy atom. The standard InChI is InChI=1S/C11H20N2O3/c1-8(2)12-7-10(14)13-5-3-9(4-6-13)11(15)16/h8-9,12H,3-7H2,1-2H3,(H,15,16). The van der Waals surface area contributed by atoms with Gasteiger partial charge < -0.3 is 15.3 Å². The summed E-state index contributed by atoms with van der Waals surface area (Å²) in [6.07, 6.45) is 1.14. The molecule has 0 atom stereocenters. The van der Waals surface area contributed by atoms with Crippen LogP contribution in [0.4, 0.5) is 0 Å². The number of carboxylic acids is 1. The van der Waals surface area contributed by atoms with E-state index >= 15 is 0 Å². The first kappa shape index (κ1) is 13.0. The number of nitrogens with zero attached hydrogens (tertiary/aromatic N) is 1. The van der Waals surface area contributed by atoms with Crippen molar-refractivity contribution in [1.29, 1.82) is 0 Å². The summed E-state index contributed by atoms with van der Waals surface area (Å²) in [6, 6.07) is 0.292. The predicted molar refractivity (Wildman–Crippen MR) is 60.1 cm³/mol. The van der Waals surface area contributed by atoms with Gasteiger partial charge >= 0.3 is 5.97 Å². The van der Waals surface area contributed by atoms with Crippen molar-refractivity contribution >= 4 is 11.9 Å². The van der Waals surface area contributed by atoms with E-state index in [1.54, 1.807) is 4.90 Å². The maximum atomic E-state index is 11.7. The SMILES string of the molecule is CC(C)NCC(=O)N1CCC(C(=O)O)CC1. The number of hydrogen-bond donors (Lipinski definition) is 2. The van der Waals surface area contributed by atoms with Crippen LogP contribution >= 0.6 is 0 Å². The Bertz CT molecular complexity index is 258. The minimum absolute atomic E-state index is 0.0672. The number of nitrogens with one attached hydrogen (secondary N) is 1. The quantitative estimate of drug-likeness (QED) is 0.726. The van der Waals surface area contributed by atoms with E-state index in [0.29, 0.717) is 38.5 Å². The summed E-state index contributed by atoms with van der Waals surface area (Å²) in [5.41, 5.74) is 0. The molecule has 0 unspecified atom stereocenters. The second kappa shape index (κ2) is 5.84. The van der Waals surface area contributed by atoms with Crippen molar-refractivity contribution in [2.45, 2.75) is 32.7 Å². The van der Waals surface area contributed by atoms with Crippen LogP contribution in [-0.4, -0.2) is 47.6 Å². The van der Waals surface area contributed by atoms with Crippen LogP contribution in [-0.2, 0) is 9.59 Å². The molecule has 2 N–H and O–H groups in total. The van der Waals surface area contributed by atoms with Crippen LogP contribution in [0.15, 0.2) is 0 Å². The van der Waals surface area contributed by atoms with Gasteiger partial charge in [0.05, 0.1) is 12.5 Å². The number of likely N-dealkylation sites (tertiary alicyclic amines) is 1. The molecule has 5 heteroatoms. The summed E-state index contributed by atoms with van der Waals surface area (Å²) in [5.74, 6) is -0.952. The lowest BCUT2D eigenvalue weighted by molar-refractivity contribution is -0.145. The van der Waals surface area contributed by atoms with Gasteiger partial charge in [-0.3, -0.25) is 9.59 Å². The molecule has 16 heavy (non-hydrogen) atoms. The largest absolute Gasteiger partial charge is 0.481 e. The van der Waals surface area contributed by atoms with Gasteiger partial charge in [-0.25, -0.2) is 0 Å². The number of amides is 1. The first-order chi connectivity index (χ1) is 7.50. The number of rotatable bonds is 4. The van der Waals surface area contributed by atoms with E-state index in [1.165, 1.54) is 0 Å². The van der Waals surface area contributed by atoms with E-state index in [9.17, 15) is 9.59 Å². The molecule has 92 valence electrons. The zero-order valence-corrected chi connectivity index (χ0v) is 9.90. The Morgan fingerprint density at radius 3 is 2.38 bits per heavy atom. The van der Waals surface area contributed by atoms with Crippen LogP contribution in [0.1, 0.15) is 26.7 Å².